The molecule has 0 aliphatic heterocycles. The van der Waals surface area contributed by atoms with Gasteiger partial charge >= 0.3 is 0 Å². The molecule has 3 rings (SSSR count). The van der Waals surface area contributed by atoms with E-state index in [1.165, 1.54) is 29.1 Å². The molecular weight excluding hydrogens is 389 g/mol. The lowest BCUT2D eigenvalue weighted by molar-refractivity contribution is 0.102. The summed E-state index contributed by atoms with van der Waals surface area (Å²) in [4.78, 5) is 21.0. The number of thioether (sulfide) groups is 1. The Morgan fingerprint density at radius 1 is 1.08 bits per heavy atom. The molecule has 0 unspecified atom stereocenters. The van der Waals surface area contributed by atoms with Gasteiger partial charge in [-0.2, -0.15) is 0 Å². The molecule has 0 aliphatic carbocycles. The molecule has 0 saturated carbocycles. The van der Waals surface area contributed by atoms with Gasteiger partial charge in [0.05, 0.1) is 21.9 Å². The number of halogens is 2. The number of para-hydroxylation sites is 1. The zero-order chi connectivity index (χ0) is 18.5. The largest absolute Gasteiger partial charge is 0.319 e. The minimum absolute atomic E-state index is 0.119. The molecule has 0 bridgehead atoms. The predicted molar refractivity (Wildman–Crippen MR) is 107 cm³/mol. The van der Waals surface area contributed by atoms with E-state index in [4.69, 9.17) is 23.2 Å². The quantitative estimate of drug-likeness (QED) is 0.442. The minimum atomic E-state index is -0.428. The zero-order valence-corrected chi connectivity index (χ0v) is 16.2. The highest BCUT2D eigenvalue weighted by Gasteiger charge is 2.16. The van der Waals surface area contributed by atoms with E-state index in [0.29, 0.717) is 21.6 Å². The molecule has 3 aromatic rings. The second-order valence-corrected chi connectivity index (χ2v) is 7.26. The van der Waals surface area contributed by atoms with Crippen LogP contribution in [0.15, 0.2) is 59.9 Å². The molecule has 0 saturated heterocycles. The Balaban J connectivity index is 1.76. The highest BCUT2D eigenvalue weighted by Crippen LogP contribution is 2.25. The second-order valence-electron chi connectivity index (χ2n) is 5.50. The third-order valence-corrected chi connectivity index (χ3v) is 5.19. The smallest absolute Gasteiger partial charge is 0.276 e. The average Bonchev–Trinajstić information content (AvgIpc) is 2.64. The lowest BCUT2D eigenvalue weighted by Gasteiger charge is -2.09. The Morgan fingerprint density at radius 2 is 1.81 bits per heavy atom. The van der Waals surface area contributed by atoms with Gasteiger partial charge < -0.3 is 5.32 Å². The number of aromatic nitrogens is 2. The van der Waals surface area contributed by atoms with Gasteiger partial charge in [0, 0.05) is 5.75 Å². The Kier molecular flexibility index (Phi) is 6.14. The summed E-state index contributed by atoms with van der Waals surface area (Å²) in [5.74, 6) is 0.281. The zero-order valence-electron chi connectivity index (χ0n) is 13.9. The average molecular weight is 404 g/mol. The summed E-state index contributed by atoms with van der Waals surface area (Å²) in [6.45, 7) is 2.06. The van der Waals surface area contributed by atoms with Crippen LogP contribution >= 0.6 is 35.0 Å². The number of nitrogens with zero attached hydrogens (tertiary/aromatic N) is 2. The van der Waals surface area contributed by atoms with E-state index < -0.39 is 5.91 Å². The van der Waals surface area contributed by atoms with Crippen molar-refractivity contribution in [3.8, 4) is 0 Å². The van der Waals surface area contributed by atoms with E-state index in [0.717, 1.165) is 0 Å². The predicted octanol–water partition coefficient (Wildman–Crippen LogP) is 5.64. The number of anilines is 1. The van der Waals surface area contributed by atoms with Crippen molar-refractivity contribution in [2.24, 2.45) is 0 Å². The van der Waals surface area contributed by atoms with Crippen LogP contribution in [0.1, 0.15) is 21.6 Å². The van der Waals surface area contributed by atoms with Crippen LogP contribution < -0.4 is 5.32 Å². The third kappa shape index (κ3) is 4.55. The van der Waals surface area contributed by atoms with E-state index >= 15 is 0 Å². The number of rotatable bonds is 5. The normalized spacial score (nSPS) is 10.6. The van der Waals surface area contributed by atoms with E-state index in [1.807, 2.05) is 12.1 Å². The molecule has 1 amide bonds. The fraction of sp³-hybridized carbons (Fsp3) is 0.105. The number of carbonyl (C=O) groups excluding carboxylic acids is 1. The van der Waals surface area contributed by atoms with E-state index in [1.54, 1.807) is 24.3 Å². The molecule has 4 nitrogen and oxygen atoms in total. The van der Waals surface area contributed by atoms with E-state index in [2.05, 4.69) is 34.3 Å². The first-order valence-electron chi connectivity index (χ1n) is 7.80. The van der Waals surface area contributed by atoms with Crippen LogP contribution in [0.5, 0.6) is 0 Å². The molecular formula is C19H15Cl2N3OS. The molecule has 0 aliphatic rings. The van der Waals surface area contributed by atoms with Crippen LogP contribution in [0.25, 0.3) is 0 Å². The first kappa shape index (κ1) is 18.7. The van der Waals surface area contributed by atoms with Crippen molar-refractivity contribution < 1.29 is 4.79 Å². The third-order valence-electron chi connectivity index (χ3n) is 3.68. The lowest BCUT2D eigenvalue weighted by Crippen LogP contribution is -2.15. The maximum Gasteiger partial charge on any atom is 0.276 e. The molecule has 0 spiro atoms. The first-order chi connectivity index (χ1) is 12.5. The van der Waals surface area contributed by atoms with Crippen LogP contribution in [0.2, 0.25) is 10.0 Å². The molecule has 0 radical (unpaired) electrons. The van der Waals surface area contributed by atoms with Crippen molar-refractivity contribution in [1.82, 2.24) is 9.97 Å². The highest BCUT2D eigenvalue weighted by molar-refractivity contribution is 7.98. The standard InChI is InChI=1S/C19H15Cl2N3OS/c1-12-6-2-3-7-13(12)11-26-19-22-10-15(21)17(24-19)18(25)23-16-9-5-4-8-14(16)20/h2-10H,11H2,1H3,(H,23,25). The van der Waals surface area contributed by atoms with Crippen LogP contribution in [0.3, 0.4) is 0 Å². The Hall–Kier alpha value is -2.08. The van der Waals surface area contributed by atoms with Crippen molar-refractivity contribution >= 4 is 46.6 Å². The number of hydrogen-bond donors (Lipinski definition) is 1. The molecule has 0 atom stereocenters. The molecule has 2 aromatic carbocycles. The first-order valence-corrected chi connectivity index (χ1v) is 9.54. The fourth-order valence-corrected chi connectivity index (χ4v) is 3.49. The fourth-order valence-electron chi connectivity index (χ4n) is 2.24. The molecule has 0 fully saturated rings. The van der Waals surface area contributed by atoms with Crippen molar-refractivity contribution in [3.63, 3.8) is 0 Å². The highest BCUT2D eigenvalue weighted by atomic mass is 35.5. The topological polar surface area (TPSA) is 54.9 Å². The summed E-state index contributed by atoms with van der Waals surface area (Å²) < 4.78 is 0. The molecule has 1 heterocycles. The van der Waals surface area contributed by atoms with Gasteiger partial charge in [0.2, 0.25) is 0 Å². The number of aryl methyl sites for hydroxylation is 1. The van der Waals surface area contributed by atoms with Crippen LogP contribution in [-0.2, 0) is 5.75 Å². The van der Waals surface area contributed by atoms with Crippen molar-refractivity contribution in [2.75, 3.05) is 5.32 Å². The van der Waals surface area contributed by atoms with Gasteiger partial charge in [0.15, 0.2) is 10.9 Å². The molecule has 1 N–H and O–H groups in total. The summed E-state index contributed by atoms with van der Waals surface area (Å²) in [6, 6.07) is 15.1. The van der Waals surface area contributed by atoms with Gasteiger partial charge in [-0.3, -0.25) is 4.79 Å². The SMILES string of the molecule is Cc1ccccc1CSc1ncc(Cl)c(C(=O)Nc2ccccc2Cl)n1. The van der Waals surface area contributed by atoms with Crippen LogP contribution in [-0.4, -0.2) is 15.9 Å². The van der Waals surface area contributed by atoms with Gasteiger partial charge in [-0.1, -0.05) is 71.4 Å². The lowest BCUT2D eigenvalue weighted by atomic mass is 10.1. The van der Waals surface area contributed by atoms with Crippen LogP contribution in [0, 0.1) is 6.92 Å². The van der Waals surface area contributed by atoms with Gasteiger partial charge in [0.1, 0.15) is 0 Å². The van der Waals surface area contributed by atoms with Gasteiger partial charge in [-0.25, -0.2) is 9.97 Å². The molecule has 1 aromatic heterocycles. The molecule has 7 heteroatoms. The maximum atomic E-state index is 12.5. The Labute approximate surface area is 166 Å². The van der Waals surface area contributed by atoms with Gasteiger partial charge in [-0.05, 0) is 30.2 Å². The van der Waals surface area contributed by atoms with E-state index in [-0.39, 0.29) is 10.7 Å². The van der Waals surface area contributed by atoms with Crippen molar-refractivity contribution in [3.05, 3.63) is 81.6 Å². The number of hydrogen-bond acceptors (Lipinski definition) is 4. The van der Waals surface area contributed by atoms with Crippen molar-refractivity contribution in [2.45, 2.75) is 17.8 Å². The van der Waals surface area contributed by atoms with Gasteiger partial charge in [-0.15, -0.1) is 0 Å². The number of amides is 1. The second kappa shape index (κ2) is 8.54. The Bertz CT molecular complexity index is 950. The number of carbonyl (C=O) groups is 1. The minimum Gasteiger partial charge on any atom is -0.319 e. The number of benzene rings is 2. The monoisotopic (exact) mass is 403 g/mol. The van der Waals surface area contributed by atoms with E-state index in [9.17, 15) is 4.79 Å². The molecule has 26 heavy (non-hydrogen) atoms. The summed E-state index contributed by atoms with van der Waals surface area (Å²) in [5, 5.41) is 3.84. The van der Waals surface area contributed by atoms with Crippen molar-refractivity contribution in [1.29, 1.82) is 0 Å². The van der Waals surface area contributed by atoms with Crippen LogP contribution in [0.4, 0.5) is 5.69 Å². The van der Waals surface area contributed by atoms with Gasteiger partial charge in [0.25, 0.3) is 5.91 Å². The summed E-state index contributed by atoms with van der Waals surface area (Å²) in [6.07, 6.45) is 1.44. The summed E-state index contributed by atoms with van der Waals surface area (Å²) in [5.41, 5.74) is 3.01. The summed E-state index contributed by atoms with van der Waals surface area (Å²) >= 11 is 13.6. The molecule has 132 valence electrons. The number of nitrogens with one attached hydrogen (secondary N) is 1. The Morgan fingerprint density at radius 3 is 2.58 bits per heavy atom. The summed E-state index contributed by atoms with van der Waals surface area (Å²) in [7, 11) is 0. The maximum absolute atomic E-state index is 12.5.